The summed E-state index contributed by atoms with van der Waals surface area (Å²) in [5.41, 5.74) is 1.69. The molecule has 0 amide bonds. The molecule has 0 saturated carbocycles. The second-order valence-electron chi connectivity index (χ2n) is 3.13. The van der Waals surface area contributed by atoms with Gasteiger partial charge in [-0.25, -0.2) is 9.97 Å². The van der Waals surface area contributed by atoms with E-state index in [9.17, 15) is 0 Å². The molecule has 5 heteroatoms. The third kappa shape index (κ3) is 2.23. The van der Waals surface area contributed by atoms with Crippen LogP contribution >= 0.6 is 0 Å². The smallest absolute Gasteiger partial charge is 0.226 e. The van der Waals surface area contributed by atoms with Gasteiger partial charge in [-0.2, -0.15) is 4.98 Å². The first-order valence-electron chi connectivity index (χ1n) is 5.00. The zero-order valence-electron chi connectivity index (χ0n) is 9.89. The van der Waals surface area contributed by atoms with Gasteiger partial charge in [-0.3, -0.25) is 0 Å². The quantitative estimate of drug-likeness (QED) is 0.710. The van der Waals surface area contributed by atoms with Crippen molar-refractivity contribution in [1.29, 1.82) is 0 Å². The lowest BCUT2D eigenvalue weighted by Gasteiger charge is -2.08. The summed E-state index contributed by atoms with van der Waals surface area (Å²) in [6.07, 6.45) is 3.47. The summed E-state index contributed by atoms with van der Waals surface area (Å²) in [6, 6.07) is 0. The van der Waals surface area contributed by atoms with Crippen molar-refractivity contribution in [3.63, 3.8) is 0 Å². The number of anilines is 1. The molecule has 0 unspecified atom stereocenters. The minimum absolute atomic E-state index is 0.705. The van der Waals surface area contributed by atoms with Crippen molar-refractivity contribution in [2.24, 2.45) is 7.05 Å². The second-order valence-corrected chi connectivity index (χ2v) is 3.13. The molecule has 0 atom stereocenters. The van der Waals surface area contributed by atoms with Crippen molar-refractivity contribution in [3.05, 3.63) is 12.5 Å². The number of hydrogen-bond donors (Lipinski definition) is 0. The third-order valence-corrected chi connectivity index (χ3v) is 1.84. The van der Waals surface area contributed by atoms with Crippen LogP contribution in [0.3, 0.4) is 0 Å². The summed E-state index contributed by atoms with van der Waals surface area (Å²) in [5, 5.41) is 0. The average molecular weight is 207 g/mol. The number of imidazole rings is 1. The molecule has 0 saturated heterocycles. The lowest BCUT2D eigenvalue weighted by molar-refractivity contribution is 0.919. The molecule has 2 heterocycles. The number of aromatic nitrogens is 4. The van der Waals surface area contributed by atoms with Gasteiger partial charge in [0.15, 0.2) is 5.65 Å². The van der Waals surface area contributed by atoms with Crippen LogP contribution in [0.15, 0.2) is 12.5 Å². The van der Waals surface area contributed by atoms with E-state index in [0.717, 1.165) is 11.2 Å². The van der Waals surface area contributed by atoms with E-state index in [4.69, 9.17) is 0 Å². The summed E-state index contributed by atoms with van der Waals surface area (Å²) >= 11 is 0. The van der Waals surface area contributed by atoms with Gasteiger partial charge in [0.05, 0.1) is 12.5 Å². The highest BCUT2D eigenvalue weighted by Crippen LogP contribution is 2.10. The maximum absolute atomic E-state index is 4.35. The molecule has 0 spiro atoms. The van der Waals surface area contributed by atoms with Crippen LogP contribution in [0, 0.1) is 0 Å². The number of nitrogens with zero attached hydrogens (tertiary/aromatic N) is 5. The van der Waals surface area contributed by atoms with E-state index in [1.807, 2.05) is 44.5 Å². The monoisotopic (exact) mass is 207 g/mol. The maximum atomic E-state index is 4.35. The summed E-state index contributed by atoms with van der Waals surface area (Å²) < 4.78 is 1.88. The van der Waals surface area contributed by atoms with Crippen molar-refractivity contribution in [2.45, 2.75) is 13.8 Å². The Morgan fingerprint density at radius 2 is 1.87 bits per heavy atom. The molecule has 0 aromatic carbocycles. The molecule has 2 rings (SSSR count). The first kappa shape index (κ1) is 11.4. The van der Waals surface area contributed by atoms with Crippen LogP contribution < -0.4 is 4.90 Å². The summed E-state index contributed by atoms with van der Waals surface area (Å²) in [7, 11) is 5.75. The zero-order chi connectivity index (χ0) is 11.4. The van der Waals surface area contributed by atoms with E-state index < -0.39 is 0 Å². The normalized spacial score (nSPS) is 9.67. The van der Waals surface area contributed by atoms with Gasteiger partial charge in [-0.05, 0) is 0 Å². The van der Waals surface area contributed by atoms with E-state index in [1.165, 1.54) is 0 Å². The summed E-state index contributed by atoms with van der Waals surface area (Å²) in [4.78, 5) is 14.5. The van der Waals surface area contributed by atoms with Gasteiger partial charge in [0, 0.05) is 21.1 Å². The number of rotatable bonds is 1. The third-order valence-electron chi connectivity index (χ3n) is 1.84. The molecule has 0 bridgehead atoms. The lowest BCUT2D eigenvalue weighted by Crippen LogP contribution is -2.12. The maximum Gasteiger partial charge on any atom is 0.226 e. The van der Waals surface area contributed by atoms with Crippen LogP contribution in [0.25, 0.3) is 11.2 Å². The fraction of sp³-hybridized carbons (Fsp3) is 0.500. The highest BCUT2D eigenvalue weighted by Gasteiger charge is 2.04. The van der Waals surface area contributed by atoms with Crippen LogP contribution in [0.1, 0.15) is 13.8 Å². The fourth-order valence-electron chi connectivity index (χ4n) is 1.13. The lowest BCUT2D eigenvalue weighted by atomic mass is 10.5. The topological polar surface area (TPSA) is 46.8 Å². The Morgan fingerprint density at radius 3 is 2.47 bits per heavy atom. The van der Waals surface area contributed by atoms with E-state index in [2.05, 4.69) is 15.0 Å². The van der Waals surface area contributed by atoms with Gasteiger partial charge >= 0.3 is 0 Å². The van der Waals surface area contributed by atoms with Crippen LogP contribution in [0.4, 0.5) is 5.95 Å². The highest BCUT2D eigenvalue weighted by molar-refractivity contribution is 5.70. The van der Waals surface area contributed by atoms with Crippen LogP contribution in [0.2, 0.25) is 0 Å². The van der Waals surface area contributed by atoms with E-state index in [0.29, 0.717) is 5.95 Å². The Labute approximate surface area is 89.8 Å². The molecule has 0 N–H and O–H groups in total. The van der Waals surface area contributed by atoms with E-state index in [-0.39, 0.29) is 0 Å². The SMILES string of the molecule is CC.CN(C)c1ncc2ncn(C)c2n1. The Hall–Kier alpha value is -1.65. The Balaban J connectivity index is 0.000000531. The molecule has 0 fully saturated rings. The van der Waals surface area contributed by atoms with Gasteiger partial charge in [0.2, 0.25) is 5.95 Å². The van der Waals surface area contributed by atoms with Crippen molar-refractivity contribution >= 4 is 17.1 Å². The van der Waals surface area contributed by atoms with Crippen LogP contribution in [0.5, 0.6) is 0 Å². The summed E-state index contributed by atoms with van der Waals surface area (Å²) in [6.45, 7) is 4.00. The predicted molar refractivity (Wildman–Crippen MR) is 62.0 cm³/mol. The van der Waals surface area contributed by atoms with E-state index >= 15 is 0 Å². The van der Waals surface area contributed by atoms with E-state index in [1.54, 1.807) is 12.5 Å². The minimum atomic E-state index is 0.705. The Bertz CT molecular complexity index is 432. The predicted octanol–water partition coefficient (Wildman–Crippen LogP) is 1.46. The van der Waals surface area contributed by atoms with Crippen molar-refractivity contribution in [3.8, 4) is 0 Å². The molecule has 0 radical (unpaired) electrons. The Morgan fingerprint density at radius 1 is 1.20 bits per heavy atom. The fourth-order valence-corrected chi connectivity index (χ4v) is 1.13. The van der Waals surface area contributed by atoms with Crippen LogP contribution in [-0.2, 0) is 7.05 Å². The van der Waals surface area contributed by atoms with Gasteiger partial charge < -0.3 is 9.47 Å². The first-order chi connectivity index (χ1) is 7.18. The number of aryl methyl sites for hydroxylation is 1. The van der Waals surface area contributed by atoms with Gasteiger partial charge in [0.25, 0.3) is 0 Å². The molecule has 82 valence electrons. The Kier molecular flexibility index (Phi) is 3.60. The van der Waals surface area contributed by atoms with Crippen molar-refractivity contribution in [2.75, 3.05) is 19.0 Å². The van der Waals surface area contributed by atoms with Crippen LogP contribution in [-0.4, -0.2) is 33.6 Å². The molecule has 15 heavy (non-hydrogen) atoms. The molecular formula is C10H17N5. The zero-order valence-corrected chi connectivity index (χ0v) is 9.89. The molecular weight excluding hydrogens is 190 g/mol. The molecule has 2 aromatic rings. The number of fused-ring (bicyclic) bond motifs is 1. The van der Waals surface area contributed by atoms with Crippen molar-refractivity contribution < 1.29 is 0 Å². The standard InChI is InChI=1S/C8H11N5.C2H6/c1-12(2)8-9-4-6-7(11-8)13(3)5-10-6;1-2/h4-5H,1-3H3;1-2H3. The highest BCUT2D eigenvalue weighted by atomic mass is 15.2. The molecule has 0 aliphatic carbocycles. The number of hydrogen-bond acceptors (Lipinski definition) is 4. The van der Waals surface area contributed by atoms with Gasteiger partial charge in [0.1, 0.15) is 5.52 Å². The first-order valence-corrected chi connectivity index (χ1v) is 5.00. The molecule has 0 aliphatic rings. The van der Waals surface area contributed by atoms with Gasteiger partial charge in [-0.15, -0.1) is 0 Å². The minimum Gasteiger partial charge on any atom is -0.347 e. The van der Waals surface area contributed by atoms with Crippen molar-refractivity contribution in [1.82, 2.24) is 19.5 Å². The van der Waals surface area contributed by atoms with Gasteiger partial charge in [-0.1, -0.05) is 13.8 Å². The molecule has 5 nitrogen and oxygen atoms in total. The largest absolute Gasteiger partial charge is 0.347 e. The molecule has 0 aliphatic heterocycles. The molecule has 2 aromatic heterocycles. The average Bonchev–Trinajstić information content (AvgIpc) is 2.63. The second kappa shape index (κ2) is 4.72. The summed E-state index contributed by atoms with van der Waals surface area (Å²) in [5.74, 6) is 0.705.